The average molecular weight is 358 g/mol. The summed E-state index contributed by atoms with van der Waals surface area (Å²) in [6.45, 7) is 5.46. The van der Waals surface area contributed by atoms with Crippen molar-refractivity contribution < 1.29 is 41.3 Å². The number of halogens is 6. The lowest BCUT2D eigenvalue weighted by Crippen LogP contribution is -2.54. The predicted octanol–water partition coefficient (Wildman–Crippen LogP) is 3.79. The molecule has 0 radical (unpaired) electrons. The molecule has 0 amide bonds. The summed E-state index contributed by atoms with van der Waals surface area (Å²) in [7, 11) is 0. The molecule has 0 bridgehead atoms. The van der Waals surface area contributed by atoms with Crippen LogP contribution in [0.25, 0.3) is 0 Å². The highest BCUT2D eigenvalue weighted by molar-refractivity contribution is 5.41. The maximum Gasteiger partial charge on any atom is 0.430 e. The Morgan fingerprint density at radius 2 is 1.42 bits per heavy atom. The molecule has 0 aliphatic rings. The van der Waals surface area contributed by atoms with E-state index in [2.05, 4.69) is 6.58 Å². The third kappa shape index (κ3) is 3.84. The molecule has 1 rings (SSSR count). The van der Waals surface area contributed by atoms with E-state index in [1.165, 1.54) is 19.9 Å². The van der Waals surface area contributed by atoms with E-state index in [0.717, 1.165) is 6.07 Å². The quantitative estimate of drug-likeness (QED) is 0.622. The summed E-state index contributed by atoms with van der Waals surface area (Å²) in [4.78, 5) is 0. The van der Waals surface area contributed by atoms with Gasteiger partial charge >= 0.3 is 12.4 Å². The molecule has 0 spiro atoms. The Morgan fingerprint density at radius 3 is 1.79 bits per heavy atom. The molecule has 0 fully saturated rings. The summed E-state index contributed by atoms with van der Waals surface area (Å²) in [5.41, 5.74) is -8.65. The fourth-order valence-corrected chi connectivity index (χ4v) is 1.89. The van der Waals surface area contributed by atoms with Crippen molar-refractivity contribution in [1.29, 1.82) is 0 Å². The molecule has 9 heteroatoms. The summed E-state index contributed by atoms with van der Waals surface area (Å²) in [5.74, 6) is -0.378. The largest absolute Gasteiger partial charge is 0.490 e. The van der Waals surface area contributed by atoms with Crippen LogP contribution in [-0.2, 0) is 11.2 Å². The van der Waals surface area contributed by atoms with Crippen molar-refractivity contribution in [2.45, 2.75) is 37.4 Å². The van der Waals surface area contributed by atoms with E-state index in [1.807, 2.05) is 0 Å². The molecule has 2 N–H and O–H groups in total. The summed E-state index contributed by atoms with van der Waals surface area (Å²) in [5, 5.41) is 19.4. The van der Waals surface area contributed by atoms with Gasteiger partial charge in [0, 0.05) is 5.56 Å². The zero-order valence-electron chi connectivity index (χ0n) is 12.8. The first-order valence-corrected chi connectivity index (χ1v) is 6.62. The molecule has 0 aliphatic carbocycles. The minimum absolute atomic E-state index is 0.189. The van der Waals surface area contributed by atoms with Crippen LogP contribution in [0, 0.1) is 0 Å². The van der Waals surface area contributed by atoms with Gasteiger partial charge in [0.1, 0.15) is 12.4 Å². The first-order valence-electron chi connectivity index (χ1n) is 6.62. The fourth-order valence-electron chi connectivity index (χ4n) is 1.89. The van der Waals surface area contributed by atoms with Crippen LogP contribution in [0.5, 0.6) is 5.75 Å². The molecule has 3 nitrogen and oxygen atoms in total. The first kappa shape index (κ1) is 20.3. The van der Waals surface area contributed by atoms with Crippen LogP contribution in [0.15, 0.2) is 30.9 Å². The van der Waals surface area contributed by atoms with Gasteiger partial charge in [0.15, 0.2) is 0 Å². The van der Waals surface area contributed by atoms with Crippen LogP contribution < -0.4 is 4.74 Å². The fraction of sp³-hybridized carbons (Fsp3) is 0.467. The molecule has 0 aliphatic heterocycles. The molecule has 0 heterocycles. The Balaban J connectivity index is 3.68. The second-order valence-electron chi connectivity index (χ2n) is 5.61. The van der Waals surface area contributed by atoms with E-state index in [-0.39, 0.29) is 17.9 Å². The lowest BCUT2D eigenvalue weighted by atomic mass is 9.87. The summed E-state index contributed by atoms with van der Waals surface area (Å²) >= 11 is 0. The highest BCUT2D eigenvalue weighted by Crippen LogP contribution is 2.51. The third-order valence-corrected chi connectivity index (χ3v) is 3.22. The van der Waals surface area contributed by atoms with Gasteiger partial charge in [0.25, 0.3) is 5.60 Å². The third-order valence-electron chi connectivity index (χ3n) is 3.22. The zero-order chi connectivity index (χ0) is 19.0. The van der Waals surface area contributed by atoms with E-state index in [0.29, 0.717) is 12.1 Å². The van der Waals surface area contributed by atoms with Crippen LogP contribution in [0.1, 0.15) is 25.0 Å². The zero-order valence-corrected chi connectivity index (χ0v) is 12.8. The number of ether oxygens (including phenoxy) is 1. The highest BCUT2D eigenvalue weighted by atomic mass is 19.4. The number of alkyl halides is 6. The van der Waals surface area contributed by atoms with Gasteiger partial charge in [-0.25, -0.2) is 0 Å². The van der Waals surface area contributed by atoms with Gasteiger partial charge in [-0.1, -0.05) is 12.7 Å². The number of aliphatic hydroxyl groups is 2. The maximum absolute atomic E-state index is 13.0. The molecule has 24 heavy (non-hydrogen) atoms. The predicted molar refractivity (Wildman–Crippen MR) is 73.4 cm³/mol. The summed E-state index contributed by atoms with van der Waals surface area (Å²) < 4.78 is 83.0. The SMILES string of the molecule is C=CCOc1cc(C(C)(C)O)cc(C(O)(C(F)(F)F)C(F)(F)F)c1. The normalized spacial score (nSPS) is 13.8. The van der Waals surface area contributed by atoms with Crippen molar-refractivity contribution in [2.24, 2.45) is 0 Å². The maximum atomic E-state index is 13.0. The van der Waals surface area contributed by atoms with Crippen molar-refractivity contribution in [3.8, 4) is 5.75 Å². The van der Waals surface area contributed by atoms with Crippen LogP contribution in [0.2, 0.25) is 0 Å². The summed E-state index contributed by atoms with van der Waals surface area (Å²) in [6, 6.07) is 1.96. The first-order chi connectivity index (χ1) is 10.6. The molecular weight excluding hydrogens is 342 g/mol. The van der Waals surface area contributed by atoms with Crippen molar-refractivity contribution in [1.82, 2.24) is 0 Å². The van der Waals surface area contributed by atoms with Crippen molar-refractivity contribution in [2.75, 3.05) is 6.61 Å². The molecule has 0 atom stereocenters. The van der Waals surface area contributed by atoms with Gasteiger partial charge in [-0.15, -0.1) is 0 Å². The number of rotatable bonds is 5. The number of hydrogen-bond donors (Lipinski definition) is 2. The van der Waals surface area contributed by atoms with E-state index in [9.17, 15) is 36.6 Å². The molecule has 0 unspecified atom stereocenters. The Morgan fingerprint density at radius 1 is 0.958 bits per heavy atom. The lowest BCUT2D eigenvalue weighted by Gasteiger charge is -2.33. The Labute approximate surface area is 134 Å². The van der Waals surface area contributed by atoms with Crippen LogP contribution >= 0.6 is 0 Å². The molecule has 1 aromatic rings. The van der Waals surface area contributed by atoms with Crippen molar-refractivity contribution >= 4 is 0 Å². The molecular formula is C15H16F6O3. The van der Waals surface area contributed by atoms with E-state index >= 15 is 0 Å². The standard InChI is InChI=1S/C15H16F6O3/c1-4-5-24-11-7-9(12(2,3)22)6-10(8-11)13(23,14(16,17)18)15(19,20)21/h4,6-8,22-23H,1,5H2,2-3H3. The molecule has 1 aromatic carbocycles. The van der Waals surface area contributed by atoms with Gasteiger partial charge in [-0.2, -0.15) is 26.3 Å². The number of benzene rings is 1. The van der Waals surface area contributed by atoms with Crippen molar-refractivity contribution in [3.63, 3.8) is 0 Å². The average Bonchev–Trinajstić information content (AvgIpc) is 2.40. The Bertz CT molecular complexity index is 585. The second-order valence-corrected chi connectivity index (χ2v) is 5.61. The van der Waals surface area contributed by atoms with Gasteiger partial charge in [-0.3, -0.25) is 0 Å². The minimum atomic E-state index is -6.03. The molecule has 0 aromatic heterocycles. The highest BCUT2D eigenvalue weighted by Gasteiger charge is 2.71. The second kappa shape index (κ2) is 6.29. The van der Waals surface area contributed by atoms with Crippen LogP contribution in [-0.4, -0.2) is 29.2 Å². The van der Waals surface area contributed by atoms with E-state index < -0.39 is 29.1 Å². The van der Waals surface area contributed by atoms with Crippen molar-refractivity contribution in [3.05, 3.63) is 42.0 Å². The monoisotopic (exact) mass is 358 g/mol. The molecule has 0 saturated carbocycles. The smallest absolute Gasteiger partial charge is 0.430 e. The van der Waals surface area contributed by atoms with Gasteiger partial charge < -0.3 is 14.9 Å². The molecule has 136 valence electrons. The van der Waals surface area contributed by atoms with Gasteiger partial charge in [0.05, 0.1) is 5.60 Å². The summed E-state index contributed by atoms with van der Waals surface area (Å²) in [6.07, 6.45) is -10.8. The van der Waals surface area contributed by atoms with E-state index in [1.54, 1.807) is 0 Å². The molecule has 0 saturated heterocycles. The van der Waals surface area contributed by atoms with Crippen LogP contribution in [0.4, 0.5) is 26.3 Å². The number of hydrogen-bond acceptors (Lipinski definition) is 3. The minimum Gasteiger partial charge on any atom is -0.490 e. The Kier molecular flexibility index (Phi) is 5.32. The van der Waals surface area contributed by atoms with Gasteiger partial charge in [0.2, 0.25) is 0 Å². The lowest BCUT2D eigenvalue weighted by molar-refractivity contribution is -0.376. The van der Waals surface area contributed by atoms with Gasteiger partial charge in [-0.05, 0) is 37.6 Å². The Hall–Kier alpha value is -1.74. The van der Waals surface area contributed by atoms with Crippen LogP contribution in [0.3, 0.4) is 0 Å². The topological polar surface area (TPSA) is 49.7 Å². The van der Waals surface area contributed by atoms with E-state index in [4.69, 9.17) is 4.74 Å².